The van der Waals surface area contributed by atoms with Crippen LogP contribution in [0.5, 0.6) is 0 Å². The van der Waals surface area contributed by atoms with Gasteiger partial charge in [0.1, 0.15) is 0 Å². The maximum atomic E-state index is 14.0. The Labute approximate surface area is 224 Å². The van der Waals surface area contributed by atoms with Crippen molar-refractivity contribution in [1.82, 2.24) is 0 Å². The summed E-state index contributed by atoms with van der Waals surface area (Å²) in [5.41, 5.74) is -1.89. The van der Waals surface area contributed by atoms with Crippen LogP contribution in [0.25, 0.3) is 0 Å². The highest BCUT2D eigenvalue weighted by Gasteiger charge is 2.67. The molecule has 0 spiro atoms. The predicted molar refractivity (Wildman–Crippen MR) is 146 cm³/mol. The normalized spacial score (nSPS) is 14.4. The Morgan fingerprint density at radius 2 is 0.872 bits per heavy atom. The highest BCUT2D eigenvalue weighted by molar-refractivity contribution is 6.33. The molecule has 0 aliphatic carbocycles. The van der Waals surface area contributed by atoms with Crippen LogP contribution in [0.1, 0.15) is 0 Å². The molecule has 1 aliphatic heterocycles. The van der Waals surface area contributed by atoms with Crippen molar-refractivity contribution in [3.05, 3.63) is 121 Å². The quantitative estimate of drug-likeness (QED) is 0.322. The van der Waals surface area contributed by atoms with Crippen LogP contribution in [-0.2, 0) is 19.2 Å². The van der Waals surface area contributed by atoms with Gasteiger partial charge < -0.3 is 15.7 Å². The number of carbonyl (C=O) groups is 4. The standard InChI is InChI=1S/C30H24N4O5/c35-26(31-21-13-5-1-6-14-21)25(27(36)32-22-15-7-2-8-16-22)30(39)28(37)33(23-17-9-3-10-18-23)34(29(30)38)24-19-11-4-12-20-24/h1-20,25,39H,(H,31,35)(H,32,36). The van der Waals surface area contributed by atoms with Crippen LogP contribution in [0.3, 0.4) is 0 Å². The molecule has 1 heterocycles. The van der Waals surface area contributed by atoms with E-state index in [0.29, 0.717) is 11.4 Å². The molecule has 0 radical (unpaired) electrons. The van der Waals surface area contributed by atoms with Gasteiger partial charge in [0.2, 0.25) is 17.4 Å². The first-order valence-electron chi connectivity index (χ1n) is 12.1. The van der Waals surface area contributed by atoms with Gasteiger partial charge in [-0.1, -0.05) is 72.8 Å². The number of hydrogen-bond donors (Lipinski definition) is 3. The molecule has 1 fully saturated rings. The summed E-state index contributed by atoms with van der Waals surface area (Å²) in [4.78, 5) is 55.3. The average Bonchev–Trinajstić information content (AvgIpc) is 3.16. The monoisotopic (exact) mass is 520 g/mol. The first kappa shape index (κ1) is 25.4. The van der Waals surface area contributed by atoms with Crippen LogP contribution in [-0.4, -0.2) is 34.3 Å². The number of benzene rings is 4. The van der Waals surface area contributed by atoms with Crippen LogP contribution in [0, 0.1) is 5.92 Å². The number of hydrazine groups is 1. The maximum Gasteiger partial charge on any atom is 0.289 e. The van der Waals surface area contributed by atoms with E-state index < -0.39 is 35.1 Å². The zero-order valence-corrected chi connectivity index (χ0v) is 20.6. The van der Waals surface area contributed by atoms with Crippen molar-refractivity contribution in [2.45, 2.75) is 5.60 Å². The summed E-state index contributed by atoms with van der Waals surface area (Å²) in [6.45, 7) is 0. The zero-order valence-electron chi connectivity index (χ0n) is 20.6. The lowest BCUT2D eigenvalue weighted by atomic mass is 9.84. The van der Waals surface area contributed by atoms with Crippen molar-refractivity contribution < 1.29 is 24.3 Å². The fraction of sp³-hybridized carbons (Fsp3) is 0.0667. The van der Waals surface area contributed by atoms with Gasteiger partial charge >= 0.3 is 0 Å². The van der Waals surface area contributed by atoms with Gasteiger partial charge in [0.05, 0.1) is 11.4 Å². The molecule has 0 saturated carbocycles. The number of carbonyl (C=O) groups excluding carboxylic acids is 4. The van der Waals surface area contributed by atoms with Crippen molar-refractivity contribution in [3.8, 4) is 0 Å². The van der Waals surface area contributed by atoms with Crippen molar-refractivity contribution in [2.24, 2.45) is 5.92 Å². The lowest BCUT2D eigenvalue weighted by Crippen LogP contribution is -2.59. The molecule has 4 amide bonds. The fourth-order valence-electron chi connectivity index (χ4n) is 4.42. The lowest BCUT2D eigenvalue weighted by molar-refractivity contribution is -0.159. The van der Waals surface area contributed by atoms with Crippen LogP contribution >= 0.6 is 0 Å². The molecule has 0 bridgehead atoms. The third-order valence-electron chi connectivity index (χ3n) is 6.26. The van der Waals surface area contributed by atoms with Gasteiger partial charge in [0.25, 0.3) is 11.8 Å². The Balaban J connectivity index is 1.62. The van der Waals surface area contributed by atoms with Crippen molar-refractivity contribution in [2.75, 3.05) is 20.7 Å². The summed E-state index contributed by atoms with van der Waals surface area (Å²) in [7, 11) is 0. The first-order chi connectivity index (χ1) is 18.9. The molecule has 3 N–H and O–H groups in total. The second-order valence-corrected chi connectivity index (χ2v) is 8.81. The summed E-state index contributed by atoms with van der Waals surface area (Å²) in [6, 6.07) is 32.9. The van der Waals surface area contributed by atoms with Crippen molar-refractivity contribution in [1.29, 1.82) is 0 Å². The minimum atomic E-state index is -3.07. The summed E-state index contributed by atoms with van der Waals surface area (Å²) in [6.07, 6.45) is 0. The van der Waals surface area contributed by atoms with Gasteiger partial charge in [-0.3, -0.25) is 19.2 Å². The van der Waals surface area contributed by atoms with E-state index in [1.807, 2.05) is 0 Å². The van der Waals surface area contributed by atoms with Gasteiger partial charge in [0, 0.05) is 11.4 Å². The van der Waals surface area contributed by atoms with Crippen molar-refractivity contribution >= 4 is 46.4 Å². The number of rotatable bonds is 7. The number of aliphatic hydroxyl groups is 1. The molecule has 0 aromatic heterocycles. The first-order valence-corrected chi connectivity index (χ1v) is 12.1. The Morgan fingerprint density at radius 3 is 1.21 bits per heavy atom. The summed E-state index contributed by atoms with van der Waals surface area (Å²) in [5.74, 6) is -6.47. The Bertz CT molecular complexity index is 1390. The largest absolute Gasteiger partial charge is 0.370 e. The Morgan fingerprint density at radius 1 is 0.564 bits per heavy atom. The number of anilines is 4. The molecule has 0 unspecified atom stereocenters. The van der Waals surface area contributed by atoms with Crippen LogP contribution in [0.15, 0.2) is 121 Å². The zero-order chi connectivity index (χ0) is 27.4. The number of hydrogen-bond acceptors (Lipinski definition) is 5. The molecule has 0 atom stereocenters. The number of nitrogens with one attached hydrogen (secondary N) is 2. The summed E-state index contributed by atoms with van der Waals surface area (Å²) in [5, 5.41) is 19.0. The van der Waals surface area contributed by atoms with E-state index in [4.69, 9.17) is 0 Å². The molecule has 1 saturated heterocycles. The molecule has 39 heavy (non-hydrogen) atoms. The van der Waals surface area contributed by atoms with Crippen LogP contribution in [0.2, 0.25) is 0 Å². The molecule has 9 heteroatoms. The molecule has 9 nitrogen and oxygen atoms in total. The minimum Gasteiger partial charge on any atom is -0.370 e. The lowest BCUT2D eigenvalue weighted by Gasteiger charge is -2.27. The highest BCUT2D eigenvalue weighted by atomic mass is 16.3. The smallest absolute Gasteiger partial charge is 0.289 e. The topological polar surface area (TPSA) is 119 Å². The number of amides is 4. The van der Waals surface area contributed by atoms with Gasteiger partial charge in [0.15, 0.2) is 5.92 Å². The SMILES string of the molecule is O=C(Nc1ccccc1)C(C(=O)Nc1ccccc1)C1(O)C(=O)N(c2ccccc2)N(c2ccccc2)C1=O. The van der Waals surface area contributed by atoms with E-state index in [2.05, 4.69) is 10.6 Å². The highest BCUT2D eigenvalue weighted by Crippen LogP contribution is 2.38. The number of nitrogens with zero attached hydrogens (tertiary/aromatic N) is 2. The van der Waals surface area contributed by atoms with Crippen LogP contribution in [0.4, 0.5) is 22.7 Å². The van der Waals surface area contributed by atoms with Gasteiger partial charge in [-0.2, -0.15) is 0 Å². The maximum absolute atomic E-state index is 14.0. The second kappa shape index (κ2) is 10.6. The molecule has 4 aromatic carbocycles. The molecule has 1 aliphatic rings. The number of para-hydroxylation sites is 4. The molecule has 5 rings (SSSR count). The Kier molecular flexibility index (Phi) is 6.90. The predicted octanol–water partition coefficient (Wildman–Crippen LogP) is 3.61. The fourth-order valence-corrected chi connectivity index (χ4v) is 4.42. The molecule has 4 aromatic rings. The van der Waals surface area contributed by atoms with E-state index in [-0.39, 0.29) is 11.4 Å². The van der Waals surface area contributed by atoms with Gasteiger partial charge in [-0.25, -0.2) is 10.0 Å². The molecule has 194 valence electrons. The summed E-state index contributed by atoms with van der Waals surface area (Å²) >= 11 is 0. The molecular formula is C30H24N4O5. The Hall–Kier alpha value is -5.28. The van der Waals surface area contributed by atoms with E-state index in [9.17, 15) is 24.3 Å². The third-order valence-corrected chi connectivity index (χ3v) is 6.26. The van der Waals surface area contributed by atoms with E-state index in [1.54, 1.807) is 121 Å². The van der Waals surface area contributed by atoms with E-state index in [0.717, 1.165) is 10.0 Å². The average molecular weight is 521 g/mol. The van der Waals surface area contributed by atoms with E-state index >= 15 is 0 Å². The van der Waals surface area contributed by atoms with Gasteiger partial charge in [-0.05, 0) is 48.5 Å². The molecular weight excluding hydrogens is 496 g/mol. The van der Waals surface area contributed by atoms with Crippen LogP contribution < -0.4 is 20.7 Å². The van der Waals surface area contributed by atoms with Crippen molar-refractivity contribution in [3.63, 3.8) is 0 Å². The van der Waals surface area contributed by atoms with Gasteiger partial charge in [-0.15, -0.1) is 0 Å². The van der Waals surface area contributed by atoms with E-state index in [1.165, 1.54) is 0 Å². The minimum absolute atomic E-state index is 0.265. The second-order valence-electron chi connectivity index (χ2n) is 8.81. The third kappa shape index (κ3) is 4.74. The summed E-state index contributed by atoms with van der Waals surface area (Å²) < 4.78 is 0.